The largest absolute Gasteiger partial charge is 0.313 e. The third-order valence-electron chi connectivity index (χ3n) is 4.30. The molecule has 1 saturated heterocycles. The molecule has 0 radical (unpaired) electrons. The Bertz CT molecular complexity index is 391. The Morgan fingerprint density at radius 2 is 2.05 bits per heavy atom. The molecule has 1 unspecified atom stereocenters. The zero-order valence-electron chi connectivity index (χ0n) is 12.0. The molecule has 1 aliphatic carbocycles. The van der Waals surface area contributed by atoms with E-state index in [0.717, 1.165) is 12.0 Å². The third-order valence-corrected chi connectivity index (χ3v) is 5.51. The van der Waals surface area contributed by atoms with E-state index in [9.17, 15) is 0 Å². The number of nitrogens with one attached hydrogen (secondary N) is 1. The SMILES string of the molecule is CCc1ccc(CN(CC2CC2)CC2CCCN2)s1. The second kappa shape index (κ2) is 6.38. The molecule has 0 aromatic carbocycles. The Morgan fingerprint density at radius 3 is 2.68 bits per heavy atom. The van der Waals surface area contributed by atoms with Crippen molar-refractivity contribution in [1.82, 2.24) is 10.2 Å². The average Bonchev–Trinajstić information content (AvgIpc) is 2.91. The fourth-order valence-electron chi connectivity index (χ4n) is 3.01. The molecule has 19 heavy (non-hydrogen) atoms. The average molecular weight is 278 g/mol. The van der Waals surface area contributed by atoms with Gasteiger partial charge in [-0.05, 0) is 56.7 Å². The molecule has 2 fully saturated rings. The molecule has 1 N–H and O–H groups in total. The Hall–Kier alpha value is -0.380. The predicted molar refractivity (Wildman–Crippen MR) is 82.7 cm³/mol. The quantitative estimate of drug-likeness (QED) is 0.823. The summed E-state index contributed by atoms with van der Waals surface area (Å²) in [5.74, 6) is 0.993. The first-order valence-electron chi connectivity index (χ1n) is 7.87. The van der Waals surface area contributed by atoms with Crippen molar-refractivity contribution in [3.63, 3.8) is 0 Å². The minimum atomic E-state index is 0.740. The summed E-state index contributed by atoms with van der Waals surface area (Å²) in [5.41, 5.74) is 0. The van der Waals surface area contributed by atoms with E-state index in [2.05, 4.69) is 29.3 Å². The monoisotopic (exact) mass is 278 g/mol. The molecule has 0 amide bonds. The van der Waals surface area contributed by atoms with Gasteiger partial charge in [-0.3, -0.25) is 4.90 Å². The van der Waals surface area contributed by atoms with Gasteiger partial charge in [0.15, 0.2) is 0 Å². The summed E-state index contributed by atoms with van der Waals surface area (Å²) in [6, 6.07) is 5.39. The van der Waals surface area contributed by atoms with Gasteiger partial charge in [-0.15, -0.1) is 11.3 Å². The maximum absolute atomic E-state index is 3.64. The van der Waals surface area contributed by atoms with Crippen LogP contribution in [0.2, 0.25) is 0 Å². The molecule has 0 bridgehead atoms. The number of thiophene rings is 1. The first kappa shape index (κ1) is 13.6. The van der Waals surface area contributed by atoms with Gasteiger partial charge in [-0.25, -0.2) is 0 Å². The normalized spacial score (nSPS) is 23.4. The maximum atomic E-state index is 3.64. The van der Waals surface area contributed by atoms with Gasteiger partial charge in [0.2, 0.25) is 0 Å². The zero-order valence-corrected chi connectivity index (χ0v) is 12.8. The molecule has 2 nitrogen and oxygen atoms in total. The number of aryl methyl sites for hydroxylation is 1. The van der Waals surface area contributed by atoms with Crippen LogP contribution < -0.4 is 5.32 Å². The van der Waals surface area contributed by atoms with Crippen molar-refractivity contribution in [1.29, 1.82) is 0 Å². The maximum Gasteiger partial charge on any atom is 0.0328 e. The molecule has 3 rings (SSSR count). The van der Waals surface area contributed by atoms with Gasteiger partial charge in [0, 0.05) is 35.4 Å². The van der Waals surface area contributed by atoms with E-state index in [1.807, 2.05) is 11.3 Å². The summed E-state index contributed by atoms with van der Waals surface area (Å²) in [7, 11) is 0. The standard InChI is InChI=1S/C16H26N2S/c1-2-15-7-8-16(19-15)12-18(10-13-5-6-13)11-14-4-3-9-17-14/h7-8,13-14,17H,2-6,9-12H2,1H3. The molecule has 1 atom stereocenters. The lowest BCUT2D eigenvalue weighted by Gasteiger charge is -2.25. The molecule has 106 valence electrons. The molecule has 3 heteroatoms. The highest BCUT2D eigenvalue weighted by atomic mass is 32.1. The van der Waals surface area contributed by atoms with Crippen LogP contribution in [0.4, 0.5) is 0 Å². The molecule has 1 aromatic rings. The molecule has 0 spiro atoms. The van der Waals surface area contributed by atoms with Crippen LogP contribution in [0, 0.1) is 5.92 Å². The van der Waals surface area contributed by atoms with Crippen molar-refractivity contribution >= 4 is 11.3 Å². The van der Waals surface area contributed by atoms with Crippen molar-refractivity contribution < 1.29 is 0 Å². The smallest absolute Gasteiger partial charge is 0.0328 e. The highest BCUT2D eigenvalue weighted by Crippen LogP contribution is 2.31. The van der Waals surface area contributed by atoms with Crippen molar-refractivity contribution in [2.24, 2.45) is 5.92 Å². The minimum Gasteiger partial charge on any atom is -0.313 e. The van der Waals surface area contributed by atoms with E-state index in [4.69, 9.17) is 0 Å². The van der Waals surface area contributed by atoms with Crippen LogP contribution in [-0.4, -0.2) is 30.6 Å². The van der Waals surface area contributed by atoms with Crippen molar-refractivity contribution in [3.05, 3.63) is 21.9 Å². The van der Waals surface area contributed by atoms with Crippen molar-refractivity contribution in [3.8, 4) is 0 Å². The van der Waals surface area contributed by atoms with Gasteiger partial charge in [0.25, 0.3) is 0 Å². The Labute approximate surface area is 121 Å². The molecule has 1 saturated carbocycles. The third kappa shape index (κ3) is 4.04. The summed E-state index contributed by atoms with van der Waals surface area (Å²) in [5, 5.41) is 3.64. The summed E-state index contributed by atoms with van der Waals surface area (Å²) < 4.78 is 0. The molecule has 2 aliphatic rings. The van der Waals surface area contributed by atoms with Crippen LogP contribution in [0.5, 0.6) is 0 Å². The van der Waals surface area contributed by atoms with Gasteiger partial charge in [-0.2, -0.15) is 0 Å². The number of rotatable bonds is 7. The van der Waals surface area contributed by atoms with Crippen LogP contribution in [0.25, 0.3) is 0 Å². The minimum absolute atomic E-state index is 0.740. The highest BCUT2D eigenvalue weighted by Gasteiger charge is 2.26. The Balaban J connectivity index is 1.57. The first-order chi connectivity index (χ1) is 9.33. The lowest BCUT2D eigenvalue weighted by atomic mass is 10.2. The number of nitrogens with zero attached hydrogens (tertiary/aromatic N) is 1. The lowest BCUT2D eigenvalue weighted by Crippen LogP contribution is -2.38. The second-order valence-corrected chi connectivity index (χ2v) is 7.41. The summed E-state index contributed by atoms with van der Waals surface area (Å²) in [6.07, 6.45) is 6.82. The molecule has 2 heterocycles. The number of hydrogen-bond donors (Lipinski definition) is 1. The van der Waals surface area contributed by atoms with E-state index in [0.29, 0.717) is 0 Å². The Kier molecular flexibility index (Phi) is 4.57. The van der Waals surface area contributed by atoms with Crippen molar-refractivity contribution in [2.45, 2.75) is 51.6 Å². The lowest BCUT2D eigenvalue weighted by molar-refractivity contribution is 0.233. The van der Waals surface area contributed by atoms with E-state index in [1.54, 1.807) is 4.88 Å². The topological polar surface area (TPSA) is 15.3 Å². The predicted octanol–water partition coefficient (Wildman–Crippen LogP) is 3.27. The van der Waals surface area contributed by atoms with Gasteiger partial charge in [0.05, 0.1) is 0 Å². The van der Waals surface area contributed by atoms with Gasteiger partial charge < -0.3 is 5.32 Å². The first-order valence-corrected chi connectivity index (χ1v) is 8.68. The highest BCUT2D eigenvalue weighted by molar-refractivity contribution is 7.11. The van der Waals surface area contributed by atoms with Gasteiger partial charge in [-0.1, -0.05) is 6.92 Å². The molecular weight excluding hydrogens is 252 g/mol. The Morgan fingerprint density at radius 1 is 1.21 bits per heavy atom. The van der Waals surface area contributed by atoms with E-state index in [1.165, 1.54) is 63.2 Å². The van der Waals surface area contributed by atoms with E-state index in [-0.39, 0.29) is 0 Å². The fourth-order valence-corrected chi connectivity index (χ4v) is 4.01. The molecule has 1 aliphatic heterocycles. The zero-order chi connectivity index (χ0) is 13.1. The fraction of sp³-hybridized carbons (Fsp3) is 0.750. The summed E-state index contributed by atoms with van der Waals surface area (Å²) >= 11 is 2.00. The number of hydrogen-bond acceptors (Lipinski definition) is 3. The van der Waals surface area contributed by atoms with Crippen LogP contribution in [0.3, 0.4) is 0 Å². The van der Waals surface area contributed by atoms with Crippen LogP contribution in [0.1, 0.15) is 42.4 Å². The molecular formula is C16H26N2S. The molecule has 1 aromatic heterocycles. The van der Waals surface area contributed by atoms with Gasteiger partial charge in [0.1, 0.15) is 0 Å². The second-order valence-electron chi connectivity index (χ2n) is 6.15. The van der Waals surface area contributed by atoms with E-state index >= 15 is 0 Å². The van der Waals surface area contributed by atoms with Crippen LogP contribution in [-0.2, 0) is 13.0 Å². The van der Waals surface area contributed by atoms with Crippen LogP contribution >= 0.6 is 11.3 Å². The van der Waals surface area contributed by atoms with Gasteiger partial charge >= 0.3 is 0 Å². The summed E-state index contributed by atoms with van der Waals surface area (Å²) in [6.45, 7) is 7.20. The van der Waals surface area contributed by atoms with E-state index < -0.39 is 0 Å². The summed E-state index contributed by atoms with van der Waals surface area (Å²) in [4.78, 5) is 5.78. The van der Waals surface area contributed by atoms with Crippen molar-refractivity contribution in [2.75, 3.05) is 19.6 Å². The van der Waals surface area contributed by atoms with Crippen LogP contribution in [0.15, 0.2) is 12.1 Å².